The number of alkyl halides is 3. The molecule has 0 saturated carbocycles. The molecule has 4 N–H and O–H groups in total. The van der Waals surface area contributed by atoms with Gasteiger partial charge in [-0.1, -0.05) is 0 Å². The van der Waals surface area contributed by atoms with Crippen LogP contribution in [0.25, 0.3) is 0 Å². The summed E-state index contributed by atoms with van der Waals surface area (Å²) < 4.78 is 49.1. The van der Waals surface area contributed by atoms with Crippen LogP contribution in [-0.4, -0.2) is 62.7 Å². The van der Waals surface area contributed by atoms with Crippen LogP contribution in [0.5, 0.6) is 5.75 Å². The van der Waals surface area contributed by atoms with E-state index >= 15 is 0 Å². The molecule has 12 heteroatoms. The van der Waals surface area contributed by atoms with Crippen molar-refractivity contribution in [1.29, 1.82) is 0 Å². The Hall–Kier alpha value is -1.99. The normalized spacial score (nSPS) is 30.1. The number of ether oxygens (including phenoxy) is 2. The SMILES string of the molecule is O=[N+]([O-])c1ccc(O[C@@H]2O[C@H](CO)[C@H](O)[C@H](O)[C@H]2O)c(C(F)(F)F)c1. The van der Waals surface area contributed by atoms with E-state index in [9.17, 15) is 38.6 Å². The van der Waals surface area contributed by atoms with Gasteiger partial charge in [-0.3, -0.25) is 10.1 Å². The van der Waals surface area contributed by atoms with Gasteiger partial charge in [-0.25, -0.2) is 0 Å². The molecule has 0 aliphatic carbocycles. The number of non-ortho nitro benzene ring substituents is 1. The van der Waals surface area contributed by atoms with Crippen LogP contribution in [-0.2, 0) is 10.9 Å². The van der Waals surface area contributed by atoms with Gasteiger partial charge in [0.15, 0.2) is 0 Å². The molecule has 1 aromatic rings. The van der Waals surface area contributed by atoms with Crippen molar-refractivity contribution in [3.8, 4) is 5.75 Å². The van der Waals surface area contributed by atoms with Crippen LogP contribution in [0.15, 0.2) is 18.2 Å². The highest BCUT2D eigenvalue weighted by atomic mass is 19.4. The summed E-state index contributed by atoms with van der Waals surface area (Å²) in [5, 5.41) is 48.7. The van der Waals surface area contributed by atoms with Gasteiger partial charge in [0.05, 0.1) is 11.5 Å². The lowest BCUT2D eigenvalue weighted by Crippen LogP contribution is -2.60. The molecule has 1 fully saturated rings. The van der Waals surface area contributed by atoms with E-state index in [1.54, 1.807) is 0 Å². The Bertz CT molecular complexity index is 638. The fraction of sp³-hybridized carbons (Fsp3) is 0.538. The van der Waals surface area contributed by atoms with Crippen molar-refractivity contribution in [2.75, 3.05) is 6.61 Å². The summed E-state index contributed by atoms with van der Waals surface area (Å²) in [5.41, 5.74) is -2.31. The number of nitrogens with zero attached hydrogens (tertiary/aromatic N) is 1. The predicted molar refractivity (Wildman–Crippen MR) is 72.5 cm³/mol. The molecule has 0 spiro atoms. The quantitative estimate of drug-likeness (QED) is 0.422. The maximum Gasteiger partial charge on any atom is 0.420 e. The van der Waals surface area contributed by atoms with Crippen molar-refractivity contribution in [3.05, 3.63) is 33.9 Å². The van der Waals surface area contributed by atoms with E-state index in [0.717, 1.165) is 6.07 Å². The Morgan fingerprint density at radius 2 is 1.84 bits per heavy atom. The minimum absolute atomic E-state index is 0.249. The molecule has 1 saturated heterocycles. The number of nitro groups is 1. The highest BCUT2D eigenvalue weighted by Crippen LogP contribution is 2.39. The summed E-state index contributed by atoms with van der Waals surface area (Å²) in [6.45, 7) is -0.794. The monoisotopic (exact) mass is 369 g/mol. The summed E-state index contributed by atoms with van der Waals surface area (Å²) in [4.78, 5) is 9.62. The Kier molecular flexibility index (Phi) is 5.49. The smallest absolute Gasteiger partial charge is 0.420 e. The van der Waals surface area contributed by atoms with Crippen molar-refractivity contribution >= 4 is 5.69 Å². The number of benzene rings is 1. The molecule has 1 heterocycles. The molecule has 0 radical (unpaired) electrons. The van der Waals surface area contributed by atoms with Crippen molar-refractivity contribution in [3.63, 3.8) is 0 Å². The van der Waals surface area contributed by atoms with Gasteiger partial charge in [-0.15, -0.1) is 0 Å². The second kappa shape index (κ2) is 7.09. The number of nitro benzene ring substituents is 1. The molecule has 0 aromatic heterocycles. The van der Waals surface area contributed by atoms with E-state index in [0.29, 0.717) is 6.07 Å². The van der Waals surface area contributed by atoms with Gasteiger partial charge in [0, 0.05) is 12.1 Å². The number of rotatable bonds is 4. The second-order valence-electron chi connectivity index (χ2n) is 5.25. The lowest BCUT2D eigenvalue weighted by atomic mass is 9.99. The van der Waals surface area contributed by atoms with Gasteiger partial charge < -0.3 is 29.9 Å². The highest BCUT2D eigenvalue weighted by Gasteiger charge is 2.46. The second-order valence-corrected chi connectivity index (χ2v) is 5.25. The van der Waals surface area contributed by atoms with Crippen LogP contribution in [0, 0.1) is 10.1 Å². The zero-order chi connectivity index (χ0) is 18.9. The van der Waals surface area contributed by atoms with E-state index in [1.165, 1.54) is 0 Å². The zero-order valence-electron chi connectivity index (χ0n) is 12.3. The van der Waals surface area contributed by atoms with E-state index in [-0.39, 0.29) is 6.07 Å². The Morgan fingerprint density at radius 3 is 2.36 bits per heavy atom. The third-order valence-corrected chi connectivity index (χ3v) is 3.57. The summed E-state index contributed by atoms with van der Waals surface area (Å²) in [6.07, 6.45) is -13.7. The van der Waals surface area contributed by atoms with Crippen molar-refractivity contribution in [1.82, 2.24) is 0 Å². The molecule has 25 heavy (non-hydrogen) atoms. The fourth-order valence-electron chi connectivity index (χ4n) is 2.25. The standard InChI is InChI=1S/C13H14F3NO8/c14-13(15,16)6-3-5(17(22)23)1-2-7(6)24-12-11(21)10(20)9(19)8(4-18)25-12/h1-3,8-12,18-21H,4H2/t8-,9+,10+,11-,12-/m1/s1. The van der Waals surface area contributed by atoms with Gasteiger partial charge in [0.25, 0.3) is 5.69 Å². The molecule has 1 aliphatic rings. The first-order valence-corrected chi connectivity index (χ1v) is 6.89. The number of aliphatic hydroxyl groups is 4. The van der Waals surface area contributed by atoms with Gasteiger partial charge in [0.1, 0.15) is 35.7 Å². The number of hydrogen-bond acceptors (Lipinski definition) is 8. The molecule has 1 aliphatic heterocycles. The van der Waals surface area contributed by atoms with Gasteiger partial charge in [-0.2, -0.15) is 13.2 Å². The van der Waals surface area contributed by atoms with E-state index < -0.39 is 65.4 Å². The van der Waals surface area contributed by atoms with Crippen LogP contribution >= 0.6 is 0 Å². The summed E-state index contributed by atoms with van der Waals surface area (Å²) in [6, 6.07) is 1.68. The van der Waals surface area contributed by atoms with Crippen LogP contribution in [0.1, 0.15) is 5.56 Å². The summed E-state index contributed by atoms with van der Waals surface area (Å²) in [7, 11) is 0. The van der Waals surface area contributed by atoms with Crippen molar-refractivity contribution in [2.45, 2.75) is 36.9 Å². The molecule has 9 nitrogen and oxygen atoms in total. The summed E-state index contributed by atoms with van der Waals surface area (Å²) >= 11 is 0. The molecular weight excluding hydrogens is 355 g/mol. The third kappa shape index (κ3) is 3.99. The molecular formula is C13H14F3NO8. The maximum atomic E-state index is 13.1. The van der Waals surface area contributed by atoms with Gasteiger partial charge in [0.2, 0.25) is 6.29 Å². The van der Waals surface area contributed by atoms with E-state index in [2.05, 4.69) is 0 Å². The minimum atomic E-state index is -5.00. The lowest BCUT2D eigenvalue weighted by Gasteiger charge is -2.39. The zero-order valence-corrected chi connectivity index (χ0v) is 12.3. The van der Waals surface area contributed by atoms with E-state index in [1.807, 2.05) is 0 Å². The molecule has 0 unspecified atom stereocenters. The van der Waals surface area contributed by atoms with Crippen LogP contribution < -0.4 is 4.74 Å². The number of aliphatic hydroxyl groups excluding tert-OH is 4. The topological polar surface area (TPSA) is 143 Å². The van der Waals surface area contributed by atoms with Gasteiger partial charge in [-0.05, 0) is 6.07 Å². The number of halogens is 3. The molecule has 0 amide bonds. The van der Waals surface area contributed by atoms with Crippen LogP contribution in [0.3, 0.4) is 0 Å². The van der Waals surface area contributed by atoms with Crippen LogP contribution in [0.2, 0.25) is 0 Å². The Morgan fingerprint density at radius 1 is 1.20 bits per heavy atom. The lowest BCUT2D eigenvalue weighted by molar-refractivity contribution is -0.385. The van der Waals surface area contributed by atoms with E-state index in [4.69, 9.17) is 14.6 Å². The third-order valence-electron chi connectivity index (χ3n) is 3.57. The summed E-state index contributed by atoms with van der Waals surface area (Å²) in [5.74, 6) is -0.887. The molecule has 0 bridgehead atoms. The first-order valence-electron chi connectivity index (χ1n) is 6.89. The Labute approximate surface area is 138 Å². The molecule has 140 valence electrons. The predicted octanol–water partition coefficient (Wildman–Crippen LogP) is -0.208. The fourth-order valence-corrected chi connectivity index (χ4v) is 2.25. The highest BCUT2D eigenvalue weighted by molar-refractivity contribution is 5.45. The Balaban J connectivity index is 2.34. The number of hydrogen-bond donors (Lipinski definition) is 4. The average Bonchev–Trinajstić information content (AvgIpc) is 2.54. The molecule has 5 atom stereocenters. The average molecular weight is 369 g/mol. The first-order chi connectivity index (χ1) is 11.6. The molecule has 1 aromatic carbocycles. The van der Waals surface area contributed by atoms with Crippen molar-refractivity contribution < 1.29 is 48.0 Å². The molecule has 2 rings (SSSR count). The first kappa shape index (κ1) is 19.3. The van der Waals surface area contributed by atoms with Gasteiger partial charge >= 0.3 is 6.18 Å². The largest absolute Gasteiger partial charge is 0.461 e. The van der Waals surface area contributed by atoms with Crippen molar-refractivity contribution in [2.24, 2.45) is 0 Å². The van der Waals surface area contributed by atoms with Crippen LogP contribution in [0.4, 0.5) is 18.9 Å². The maximum absolute atomic E-state index is 13.1. The minimum Gasteiger partial charge on any atom is -0.461 e.